The van der Waals surface area contributed by atoms with Gasteiger partial charge in [0.1, 0.15) is 0 Å². The standard InChI is InChI=1S/C13H21ClN2S/c1-4-15-10-11-12(14)6-5-7-13(11)17-9-8-16(2)3/h5-7,15H,4,8-10H2,1-3H3. The molecule has 0 saturated carbocycles. The van der Waals surface area contributed by atoms with Gasteiger partial charge in [-0.2, -0.15) is 0 Å². The maximum atomic E-state index is 6.24. The number of nitrogens with one attached hydrogen (secondary N) is 1. The maximum Gasteiger partial charge on any atom is 0.0462 e. The van der Waals surface area contributed by atoms with Gasteiger partial charge in [0.25, 0.3) is 0 Å². The molecule has 0 spiro atoms. The minimum absolute atomic E-state index is 0.848. The van der Waals surface area contributed by atoms with Gasteiger partial charge in [-0.25, -0.2) is 0 Å². The molecular weight excluding hydrogens is 252 g/mol. The number of thioether (sulfide) groups is 1. The van der Waals surface area contributed by atoms with Gasteiger partial charge in [-0.3, -0.25) is 0 Å². The Morgan fingerprint density at radius 2 is 2.12 bits per heavy atom. The topological polar surface area (TPSA) is 15.3 Å². The lowest BCUT2D eigenvalue weighted by atomic mass is 10.2. The molecule has 0 radical (unpaired) electrons. The fourth-order valence-electron chi connectivity index (χ4n) is 1.43. The zero-order valence-electron chi connectivity index (χ0n) is 10.8. The van der Waals surface area contributed by atoms with Crippen molar-refractivity contribution in [1.29, 1.82) is 0 Å². The Bertz CT molecular complexity index is 342. The van der Waals surface area contributed by atoms with Gasteiger partial charge in [-0.15, -0.1) is 11.8 Å². The first kappa shape index (κ1) is 14.8. The summed E-state index contributed by atoms with van der Waals surface area (Å²) < 4.78 is 0. The van der Waals surface area contributed by atoms with Crippen molar-refractivity contribution in [3.63, 3.8) is 0 Å². The van der Waals surface area contributed by atoms with E-state index in [9.17, 15) is 0 Å². The average Bonchev–Trinajstić information content (AvgIpc) is 2.28. The van der Waals surface area contributed by atoms with E-state index >= 15 is 0 Å². The Kier molecular flexibility index (Phi) is 6.97. The van der Waals surface area contributed by atoms with Crippen LogP contribution in [0.5, 0.6) is 0 Å². The van der Waals surface area contributed by atoms with Crippen molar-refractivity contribution < 1.29 is 0 Å². The molecule has 0 aromatic heterocycles. The number of benzene rings is 1. The summed E-state index contributed by atoms with van der Waals surface area (Å²) in [5.41, 5.74) is 1.22. The third-order valence-electron chi connectivity index (χ3n) is 2.42. The van der Waals surface area contributed by atoms with E-state index in [1.165, 1.54) is 10.5 Å². The van der Waals surface area contributed by atoms with E-state index in [0.717, 1.165) is 30.4 Å². The summed E-state index contributed by atoms with van der Waals surface area (Å²) in [6, 6.07) is 6.14. The maximum absolute atomic E-state index is 6.24. The van der Waals surface area contributed by atoms with Crippen LogP contribution in [0.1, 0.15) is 12.5 Å². The van der Waals surface area contributed by atoms with Crippen LogP contribution < -0.4 is 5.32 Å². The molecule has 0 fully saturated rings. The van der Waals surface area contributed by atoms with Gasteiger partial charge in [0, 0.05) is 28.8 Å². The predicted molar refractivity (Wildman–Crippen MR) is 78.1 cm³/mol. The molecule has 96 valence electrons. The molecule has 0 amide bonds. The molecule has 0 atom stereocenters. The summed E-state index contributed by atoms with van der Waals surface area (Å²) in [5, 5.41) is 4.20. The first-order valence-corrected chi connectivity index (χ1v) is 7.27. The number of hydrogen-bond acceptors (Lipinski definition) is 3. The molecule has 0 saturated heterocycles. The van der Waals surface area contributed by atoms with Gasteiger partial charge in [0.15, 0.2) is 0 Å². The highest BCUT2D eigenvalue weighted by Gasteiger charge is 2.06. The van der Waals surface area contributed by atoms with Crippen molar-refractivity contribution in [3.05, 3.63) is 28.8 Å². The van der Waals surface area contributed by atoms with Crippen molar-refractivity contribution >= 4 is 23.4 Å². The van der Waals surface area contributed by atoms with Crippen LogP contribution in [0.3, 0.4) is 0 Å². The second-order valence-electron chi connectivity index (χ2n) is 4.15. The molecule has 0 heterocycles. The molecule has 1 rings (SSSR count). The van der Waals surface area contributed by atoms with Crippen molar-refractivity contribution in [2.24, 2.45) is 0 Å². The van der Waals surface area contributed by atoms with Crippen LogP contribution in [0, 0.1) is 0 Å². The number of nitrogens with zero attached hydrogens (tertiary/aromatic N) is 1. The molecule has 1 aromatic rings. The third-order valence-corrected chi connectivity index (χ3v) is 3.86. The highest BCUT2D eigenvalue weighted by molar-refractivity contribution is 7.99. The second-order valence-corrected chi connectivity index (χ2v) is 5.69. The molecule has 0 bridgehead atoms. The van der Waals surface area contributed by atoms with Crippen LogP contribution in [0.15, 0.2) is 23.1 Å². The quantitative estimate of drug-likeness (QED) is 0.768. The SMILES string of the molecule is CCNCc1c(Cl)cccc1SCCN(C)C. The smallest absolute Gasteiger partial charge is 0.0462 e. The minimum atomic E-state index is 0.848. The fourth-order valence-corrected chi connectivity index (χ4v) is 2.94. The van der Waals surface area contributed by atoms with Gasteiger partial charge < -0.3 is 10.2 Å². The molecule has 0 aliphatic carbocycles. The lowest BCUT2D eigenvalue weighted by Gasteiger charge is -2.13. The van der Waals surface area contributed by atoms with E-state index in [4.69, 9.17) is 11.6 Å². The third kappa shape index (κ3) is 5.30. The highest BCUT2D eigenvalue weighted by atomic mass is 35.5. The van der Waals surface area contributed by atoms with Crippen molar-refractivity contribution in [2.75, 3.05) is 32.9 Å². The summed E-state index contributed by atoms with van der Waals surface area (Å²) in [6.45, 7) is 5.00. The normalized spacial score (nSPS) is 11.1. The molecule has 1 aromatic carbocycles. The predicted octanol–water partition coefficient (Wildman–Crippen LogP) is 3.10. The van der Waals surface area contributed by atoms with Gasteiger partial charge in [-0.1, -0.05) is 24.6 Å². The monoisotopic (exact) mass is 272 g/mol. The first-order chi connectivity index (χ1) is 8.15. The lowest BCUT2D eigenvalue weighted by molar-refractivity contribution is 0.437. The molecule has 0 aliphatic rings. The van der Waals surface area contributed by atoms with Gasteiger partial charge >= 0.3 is 0 Å². The second kappa shape index (κ2) is 7.98. The van der Waals surface area contributed by atoms with Gasteiger partial charge in [0.05, 0.1) is 0 Å². The van der Waals surface area contributed by atoms with E-state index in [0.29, 0.717) is 0 Å². The number of hydrogen-bond donors (Lipinski definition) is 1. The van der Waals surface area contributed by atoms with Crippen molar-refractivity contribution in [2.45, 2.75) is 18.4 Å². The molecule has 2 nitrogen and oxygen atoms in total. The van der Waals surface area contributed by atoms with Crippen LogP contribution in [0.4, 0.5) is 0 Å². The Balaban J connectivity index is 2.65. The van der Waals surface area contributed by atoms with E-state index in [-0.39, 0.29) is 0 Å². The Labute approximate surface area is 114 Å². The largest absolute Gasteiger partial charge is 0.313 e. The summed E-state index contributed by atoms with van der Waals surface area (Å²) in [6.07, 6.45) is 0. The van der Waals surface area contributed by atoms with Gasteiger partial charge in [-0.05, 0) is 38.3 Å². The molecular formula is C13H21ClN2S. The molecule has 4 heteroatoms. The van der Waals surface area contributed by atoms with Crippen LogP contribution in [-0.4, -0.2) is 37.8 Å². The molecule has 17 heavy (non-hydrogen) atoms. The van der Waals surface area contributed by atoms with E-state index in [2.05, 4.69) is 37.3 Å². The minimum Gasteiger partial charge on any atom is -0.313 e. The first-order valence-electron chi connectivity index (χ1n) is 5.90. The molecule has 0 unspecified atom stereocenters. The van der Waals surface area contributed by atoms with E-state index < -0.39 is 0 Å². The summed E-state index contributed by atoms with van der Waals surface area (Å²) >= 11 is 8.12. The Morgan fingerprint density at radius 3 is 2.76 bits per heavy atom. The number of rotatable bonds is 7. The van der Waals surface area contributed by atoms with E-state index in [1.54, 1.807) is 0 Å². The number of halogens is 1. The summed E-state index contributed by atoms with van der Waals surface area (Å²) in [4.78, 5) is 3.49. The van der Waals surface area contributed by atoms with Crippen LogP contribution in [0.2, 0.25) is 5.02 Å². The fraction of sp³-hybridized carbons (Fsp3) is 0.538. The zero-order valence-corrected chi connectivity index (χ0v) is 12.4. The van der Waals surface area contributed by atoms with Crippen molar-refractivity contribution in [3.8, 4) is 0 Å². The summed E-state index contributed by atoms with van der Waals surface area (Å²) in [7, 11) is 4.19. The lowest BCUT2D eigenvalue weighted by Crippen LogP contribution is -2.15. The summed E-state index contributed by atoms with van der Waals surface area (Å²) in [5.74, 6) is 1.09. The zero-order chi connectivity index (χ0) is 12.7. The van der Waals surface area contributed by atoms with Crippen LogP contribution in [0.25, 0.3) is 0 Å². The Hall–Kier alpha value is -0.220. The highest BCUT2D eigenvalue weighted by Crippen LogP contribution is 2.28. The van der Waals surface area contributed by atoms with Gasteiger partial charge in [0.2, 0.25) is 0 Å². The molecule has 0 aliphatic heterocycles. The van der Waals surface area contributed by atoms with E-state index in [1.807, 2.05) is 23.9 Å². The van der Waals surface area contributed by atoms with Crippen LogP contribution >= 0.6 is 23.4 Å². The van der Waals surface area contributed by atoms with Crippen molar-refractivity contribution in [1.82, 2.24) is 10.2 Å². The Morgan fingerprint density at radius 1 is 1.35 bits per heavy atom. The van der Waals surface area contributed by atoms with Crippen LogP contribution in [-0.2, 0) is 6.54 Å². The average molecular weight is 273 g/mol. The molecule has 1 N–H and O–H groups in total.